The number of nitrogens with zero attached hydrogens (tertiary/aromatic N) is 1. The Bertz CT molecular complexity index is 533. The summed E-state index contributed by atoms with van der Waals surface area (Å²) in [6, 6.07) is 3.85. The Morgan fingerprint density at radius 2 is 2.04 bits per heavy atom. The fourth-order valence-corrected chi connectivity index (χ4v) is 3.79. The quantitative estimate of drug-likeness (QED) is 0.761. The zero-order valence-corrected chi connectivity index (χ0v) is 16.0. The lowest BCUT2D eigenvalue weighted by Gasteiger charge is -2.33. The third-order valence-electron chi connectivity index (χ3n) is 4.50. The van der Waals surface area contributed by atoms with Crippen LogP contribution >= 0.6 is 15.9 Å². The van der Waals surface area contributed by atoms with E-state index in [4.69, 9.17) is 9.47 Å². The minimum Gasteiger partial charge on any atom is -0.493 e. The molecule has 1 N–H and O–H groups in total. The molecule has 1 aliphatic rings. The number of aliphatic hydroxyl groups excluding tert-OH is 1. The van der Waals surface area contributed by atoms with Crippen molar-refractivity contribution in [3.8, 4) is 11.5 Å². The summed E-state index contributed by atoms with van der Waals surface area (Å²) >= 11 is 3.37. The Balaban J connectivity index is 2.07. The van der Waals surface area contributed by atoms with E-state index in [0.29, 0.717) is 29.6 Å². The van der Waals surface area contributed by atoms with Crippen LogP contribution in [0.1, 0.15) is 44.6 Å². The largest absolute Gasteiger partial charge is 0.493 e. The standard InChI is InChI=1S/C18H26BrNO4/c1-3-20(15-7-5-4-6-8-15)17(22)12-24-18-13(11-21)9-14(19)10-16(18)23-2/h9-10,15,21H,3-8,11-12H2,1-2H3. The molecule has 1 aliphatic carbocycles. The number of likely N-dealkylation sites (N-methyl/N-ethyl adjacent to an activating group) is 1. The Morgan fingerprint density at radius 1 is 1.33 bits per heavy atom. The summed E-state index contributed by atoms with van der Waals surface area (Å²) in [5.74, 6) is 0.913. The number of methoxy groups -OCH3 is 1. The third-order valence-corrected chi connectivity index (χ3v) is 4.96. The van der Waals surface area contributed by atoms with E-state index < -0.39 is 0 Å². The van der Waals surface area contributed by atoms with Crippen molar-refractivity contribution in [1.29, 1.82) is 0 Å². The fraction of sp³-hybridized carbons (Fsp3) is 0.611. The van der Waals surface area contributed by atoms with E-state index in [9.17, 15) is 9.90 Å². The highest BCUT2D eigenvalue weighted by molar-refractivity contribution is 9.10. The molecule has 2 rings (SSSR count). The molecule has 1 amide bonds. The summed E-state index contributed by atoms with van der Waals surface area (Å²) in [5, 5.41) is 9.54. The van der Waals surface area contributed by atoms with Crippen LogP contribution < -0.4 is 9.47 Å². The summed E-state index contributed by atoms with van der Waals surface area (Å²) in [4.78, 5) is 14.5. The summed E-state index contributed by atoms with van der Waals surface area (Å²) in [5.41, 5.74) is 0.592. The highest BCUT2D eigenvalue weighted by atomic mass is 79.9. The Labute approximate surface area is 152 Å². The van der Waals surface area contributed by atoms with Crippen molar-refractivity contribution in [2.45, 2.75) is 51.7 Å². The normalized spacial score (nSPS) is 15.2. The predicted molar refractivity (Wildman–Crippen MR) is 96.4 cm³/mol. The van der Waals surface area contributed by atoms with Crippen molar-refractivity contribution in [2.24, 2.45) is 0 Å². The summed E-state index contributed by atoms with van der Waals surface area (Å²) < 4.78 is 11.8. The topological polar surface area (TPSA) is 59.0 Å². The first-order valence-electron chi connectivity index (χ1n) is 8.50. The number of aliphatic hydroxyl groups is 1. The minimum atomic E-state index is -0.181. The van der Waals surface area contributed by atoms with Crippen LogP contribution in [-0.4, -0.2) is 42.2 Å². The van der Waals surface area contributed by atoms with Gasteiger partial charge in [-0.1, -0.05) is 35.2 Å². The minimum absolute atomic E-state index is 0.0155. The van der Waals surface area contributed by atoms with Gasteiger partial charge in [0.25, 0.3) is 5.91 Å². The third kappa shape index (κ3) is 4.63. The van der Waals surface area contributed by atoms with Crippen molar-refractivity contribution in [2.75, 3.05) is 20.3 Å². The number of ether oxygens (including phenoxy) is 2. The van der Waals surface area contributed by atoms with Gasteiger partial charge in [-0.15, -0.1) is 0 Å². The van der Waals surface area contributed by atoms with E-state index in [2.05, 4.69) is 15.9 Å². The molecule has 0 heterocycles. The van der Waals surface area contributed by atoms with Gasteiger partial charge in [0.1, 0.15) is 0 Å². The van der Waals surface area contributed by atoms with E-state index in [1.165, 1.54) is 26.4 Å². The number of amides is 1. The molecule has 5 nitrogen and oxygen atoms in total. The molecule has 24 heavy (non-hydrogen) atoms. The summed E-state index contributed by atoms with van der Waals surface area (Å²) in [7, 11) is 1.54. The van der Waals surface area contributed by atoms with Crippen molar-refractivity contribution in [1.82, 2.24) is 4.90 Å². The number of hydrogen-bond donors (Lipinski definition) is 1. The first kappa shape index (κ1) is 19.1. The molecule has 0 bridgehead atoms. The molecule has 0 aromatic heterocycles. The van der Waals surface area contributed by atoms with Gasteiger partial charge in [-0.3, -0.25) is 4.79 Å². The molecule has 0 saturated heterocycles. The van der Waals surface area contributed by atoms with Crippen LogP contribution in [0.15, 0.2) is 16.6 Å². The monoisotopic (exact) mass is 399 g/mol. The number of benzene rings is 1. The van der Waals surface area contributed by atoms with Crippen LogP contribution in [0.25, 0.3) is 0 Å². The molecule has 134 valence electrons. The van der Waals surface area contributed by atoms with Crippen LogP contribution in [-0.2, 0) is 11.4 Å². The van der Waals surface area contributed by atoms with Crippen LogP contribution in [0.3, 0.4) is 0 Å². The van der Waals surface area contributed by atoms with Gasteiger partial charge in [-0.25, -0.2) is 0 Å². The first-order valence-corrected chi connectivity index (χ1v) is 9.29. The van der Waals surface area contributed by atoms with Gasteiger partial charge in [0, 0.05) is 22.6 Å². The molecule has 1 aromatic rings. The average Bonchev–Trinajstić information content (AvgIpc) is 2.61. The Kier molecular flexibility index (Phi) is 7.37. The molecule has 0 spiro atoms. The summed E-state index contributed by atoms with van der Waals surface area (Å²) in [6.45, 7) is 2.47. The van der Waals surface area contributed by atoms with E-state index in [-0.39, 0.29) is 19.1 Å². The second-order valence-corrected chi connectivity index (χ2v) is 6.93. The molecule has 1 saturated carbocycles. The molecule has 1 aromatic carbocycles. The Morgan fingerprint density at radius 3 is 2.62 bits per heavy atom. The maximum Gasteiger partial charge on any atom is 0.260 e. The van der Waals surface area contributed by atoms with Crippen LogP contribution in [0.5, 0.6) is 11.5 Å². The smallest absolute Gasteiger partial charge is 0.260 e. The number of carbonyl (C=O) groups excluding carboxylic acids is 1. The van der Waals surface area contributed by atoms with Crippen LogP contribution in [0.4, 0.5) is 0 Å². The fourth-order valence-electron chi connectivity index (χ4n) is 3.30. The van der Waals surface area contributed by atoms with Crippen molar-refractivity contribution >= 4 is 21.8 Å². The second kappa shape index (κ2) is 9.28. The predicted octanol–water partition coefficient (Wildman–Crippen LogP) is 3.51. The number of halogens is 1. The van der Waals surface area contributed by atoms with E-state index in [0.717, 1.165) is 17.3 Å². The van der Waals surface area contributed by atoms with Gasteiger partial charge >= 0.3 is 0 Å². The lowest BCUT2D eigenvalue weighted by atomic mass is 9.94. The van der Waals surface area contributed by atoms with E-state index >= 15 is 0 Å². The van der Waals surface area contributed by atoms with Crippen LogP contribution in [0.2, 0.25) is 0 Å². The maximum absolute atomic E-state index is 12.6. The highest BCUT2D eigenvalue weighted by Gasteiger charge is 2.25. The molecular formula is C18H26BrNO4. The molecule has 0 unspecified atom stereocenters. The van der Waals surface area contributed by atoms with Gasteiger partial charge in [0.05, 0.1) is 13.7 Å². The van der Waals surface area contributed by atoms with Crippen molar-refractivity contribution in [3.63, 3.8) is 0 Å². The first-order chi connectivity index (χ1) is 11.6. The zero-order chi connectivity index (χ0) is 17.5. The SMILES string of the molecule is CCN(C(=O)COc1c(CO)cc(Br)cc1OC)C1CCCCC1. The number of rotatable bonds is 7. The maximum atomic E-state index is 12.6. The molecular weight excluding hydrogens is 374 g/mol. The molecule has 0 radical (unpaired) electrons. The molecule has 0 aliphatic heterocycles. The zero-order valence-electron chi connectivity index (χ0n) is 14.4. The lowest BCUT2D eigenvalue weighted by Crippen LogP contribution is -2.43. The van der Waals surface area contributed by atoms with E-state index in [1.54, 1.807) is 12.1 Å². The van der Waals surface area contributed by atoms with Gasteiger partial charge in [-0.05, 0) is 31.9 Å². The lowest BCUT2D eigenvalue weighted by molar-refractivity contribution is -0.136. The van der Waals surface area contributed by atoms with Crippen molar-refractivity contribution < 1.29 is 19.4 Å². The number of hydrogen-bond acceptors (Lipinski definition) is 4. The number of carbonyl (C=O) groups is 1. The average molecular weight is 400 g/mol. The van der Waals surface area contributed by atoms with Gasteiger partial charge in [0.15, 0.2) is 18.1 Å². The van der Waals surface area contributed by atoms with E-state index in [1.807, 2.05) is 11.8 Å². The van der Waals surface area contributed by atoms with Gasteiger partial charge in [-0.2, -0.15) is 0 Å². The summed E-state index contributed by atoms with van der Waals surface area (Å²) in [6.07, 6.45) is 5.77. The van der Waals surface area contributed by atoms with Gasteiger partial charge < -0.3 is 19.5 Å². The molecule has 0 atom stereocenters. The van der Waals surface area contributed by atoms with Gasteiger partial charge in [0.2, 0.25) is 0 Å². The highest BCUT2D eigenvalue weighted by Crippen LogP contribution is 2.35. The van der Waals surface area contributed by atoms with Crippen LogP contribution in [0, 0.1) is 0 Å². The molecule has 1 fully saturated rings. The molecule has 6 heteroatoms. The van der Waals surface area contributed by atoms with Crippen molar-refractivity contribution in [3.05, 3.63) is 22.2 Å². The Hall–Kier alpha value is -1.27. The second-order valence-electron chi connectivity index (χ2n) is 6.01.